The van der Waals surface area contributed by atoms with Crippen LogP contribution in [0.15, 0.2) is 16.6 Å². The van der Waals surface area contributed by atoms with Crippen LogP contribution in [0.2, 0.25) is 0 Å². The van der Waals surface area contributed by atoms with E-state index >= 15 is 0 Å². The summed E-state index contributed by atoms with van der Waals surface area (Å²) >= 11 is 3.02. The first-order chi connectivity index (χ1) is 7.58. The highest BCUT2D eigenvalue weighted by atomic mass is 79.9. The molecule has 2 rings (SSSR count). The molecule has 0 radical (unpaired) electrons. The van der Waals surface area contributed by atoms with Crippen molar-refractivity contribution in [3.63, 3.8) is 0 Å². The van der Waals surface area contributed by atoms with E-state index in [1.807, 2.05) is 0 Å². The van der Waals surface area contributed by atoms with Crippen molar-refractivity contribution in [2.45, 2.75) is 0 Å². The summed E-state index contributed by atoms with van der Waals surface area (Å²) in [5.41, 5.74) is 5.95. The van der Waals surface area contributed by atoms with Crippen molar-refractivity contribution < 1.29 is 9.13 Å². The quantitative estimate of drug-likeness (QED) is 0.847. The zero-order valence-corrected chi connectivity index (χ0v) is 9.77. The maximum atomic E-state index is 13.2. The Morgan fingerprint density at radius 2 is 2.25 bits per heavy atom. The van der Waals surface area contributed by atoms with E-state index in [-0.39, 0.29) is 21.9 Å². The van der Waals surface area contributed by atoms with E-state index in [0.717, 1.165) is 6.07 Å². The zero-order chi connectivity index (χ0) is 11.7. The van der Waals surface area contributed by atoms with Crippen molar-refractivity contribution >= 4 is 21.6 Å². The van der Waals surface area contributed by atoms with Crippen molar-refractivity contribution in [3.05, 3.63) is 22.4 Å². The first-order valence-electron chi connectivity index (χ1n) is 4.22. The fourth-order valence-corrected chi connectivity index (χ4v) is 1.40. The van der Waals surface area contributed by atoms with Crippen LogP contribution in [0, 0.1) is 5.82 Å². The molecular formula is C8H7BrFN5O. The van der Waals surface area contributed by atoms with Gasteiger partial charge < -0.3 is 10.5 Å². The Morgan fingerprint density at radius 1 is 1.50 bits per heavy atom. The summed E-state index contributed by atoms with van der Waals surface area (Å²) in [6, 6.07) is 2.70. The summed E-state index contributed by atoms with van der Waals surface area (Å²) in [5.74, 6) is -0.307. The molecule has 0 aliphatic heterocycles. The molecule has 6 nitrogen and oxygen atoms in total. The molecule has 0 saturated heterocycles. The lowest BCUT2D eigenvalue weighted by Crippen LogP contribution is -1.99. The lowest BCUT2D eigenvalue weighted by atomic mass is 10.3. The van der Waals surface area contributed by atoms with Crippen LogP contribution in [-0.4, -0.2) is 20.2 Å². The monoisotopic (exact) mass is 287 g/mol. The number of rotatable bonds is 2. The van der Waals surface area contributed by atoms with E-state index in [2.05, 4.69) is 31.5 Å². The van der Waals surface area contributed by atoms with Crippen LogP contribution in [0.3, 0.4) is 0 Å². The van der Waals surface area contributed by atoms with Gasteiger partial charge in [0.1, 0.15) is 5.82 Å². The summed E-state index contributed by atoms with van der Waals surface area (Å²) in [5, 5.41) is 10.5. The summed E-state index contributed by atoms with van der Waals surface area (Å²) in [4.78, 5) is 0. The van der Waals surface area contributed by atoms with Gasteiger partial charge in [0.2, 0.25) is 0 Å². The number of benzene rings is 1. The van der Waals surface area contributed by atoms with Crippen LogP contribution < -0.4 is 10.5 Å². The van der Waals surface area contributed by atoms with E-state index in [0.29, 0.717) is 0 Å². The second kappa shape index (κ2) is 4.05. The van der Waals surface area contributed by atoms with E-state index in [4.69, 9.17) is 10.5 Å². The molecule has 0 unspecified atom stereocenters. The molecule has 0 atom stereocenters. The first kappa shape index (κ1) is 10.8. The Morgan fingerprint density at radius 3 is 2.88 bits per heavy atom. The van der Waals surface area contributed by atoms with Gasteiger partial charge in [-0.25, -0.2) is 4.39 Å². The molecule has 0 aliphatic carbocycles. The molecule has 16 heavy (non-hydrogen) atoms. The van der Waals surface area contributed by atoms with Crippen molar-refractivity contribution in [1.29, 1.82) is 0 Å². The van der Waals surface area contributed by atoms with E-state index in [9.17, 15) is 4.39 Å². The molecule has 8 heteroatoms. The molecule has 1 aromatic heterocycles. The van der Waals surface area contributed by atoms with E-state index < -0.39 is 5.82 Å². The van der Waals surface area contributed by atoms with Gasteiger partial charge in [0.15, 0.2) is 5.75 Å². The molecule has 2 N–H and O–H groups in total. The number of hydrogen-bond donors (Lipinski definition) is 1. The van der Waals surface area contributed by atoms with E-state index in [1.165, 1.54) is 10.7 Å². The lowest BCUT2D eigenvalue weighted by Gasteiger charge is -2.07. The number of nitrogen functional groups attached to an aromatic ring is 1. The minimum absolute atomic E-state index is 0.133. The molecule has 84 valence electrons. The van der Waals surface area contributed by atoms with Gasteiger partial charge in [-0.3, -0.25) is 0 Å². The Labute approximate surface area is 98.3 Å². The summed E-state index contributed by atoms with van der Waals surface area (Å²) < 4.78 is 20.1. The highest BCUT2D eigenvalue weighted by Gasteiger charge is 2.11. The Bertz CT molecular complexity index is 529. The topological polar surface area (TPSA) is 78.8 Å². The van der Waals surface area contributed by atoms with Gasteiger partial charge in [-0.15, -0.1) is 0 Å². The molecule has 0 amide bonds. The van der Waals surface area contributed by atoms with Crippen LogP contribution in [-0.2, 0) is 7.05 Å². The third-order valence-electron chi connectivity index (χ3n) is 1.84. The van der Waals surface area contributed by atoms with Crippen LogP contribution in [0.1, 0.15) is 0 Å². The maximum absolute atomic E-state index is 13.2. The maximum Gasteiger partial charge on any atom is 0.340 e. The minimum Gasteiger partial charge on any atom is -0.421 e. The summed E-state index contributed by atoms with van der Waals surface area (Å²) in [6.45, 7) is 0. The molecule has 0 bridgehead atoms. The zero-order valence-electron chi connectivity index (χ0n) is 8.19. The number of hydrogen-bond acceptors (Lipinski definition) is 5. The molecule has 0 fully saturated rings. The normalized spacial score (nSPS) is 10.4. The van der Waals surface area contributed by atoms with Gasteiger partial charge in [-0.05, 0) is 32.4 Å². The average Bonchev–Trinajstić information content (AvgIpc) is 2.61. The lowest BCUT2D eigenvalue weighted by molar-refractivity contribution is 0.413. The molecule has 1 heterocycles. The molecule has 1 aromatic carbocycles. The fraction of sp³-hybridized carbons (Fsp3) is 0.125. The summed E-state index contributed by atoms with van der Waals surface area (Å²) in [6.07, 6.45) is 0. The molecule has 0 saturated carbocycles. The van der Waals surface area contributed by atoms with Gasteiger partial charge >= 0.3 is 6.01 Å². The molecule has 0 spiro atoms. The fourth-order valence-electron chi connectivity index (χ4n) is 1.04. The minimum atomic E-state index is -0.473. The average molecular weight is 288 g/mol. The number of aryl methyl sites for hydroxylation is 1. The number of anilines is 1. The van der Waals surface area contributed by atoms with Crippen LogP contribution in [0.25, 0.3) is 0 Å². The van der Waals surface area contributed by atoms with Crippen LogP contribution >= 0.6 is 15.9 Å². The van der Waals surface area contributed by atoms with Gasteiger partial charge in [0, 0.05) is 13.1 Å². The van der Waals surface area contributed by atoms with Gasteiger partial charge in [-0.2, -0.15) is 4.68 Å². The second-order valence-corrected chi connectivity index (χ2v) is 3.85. The smallest absolute Gasteiger partial charge is 0.340 e. The molecule has 2 aromatic rings. The Balaban J connectivity index is 2.35. The standard InChI is InChI=1S/C8H7BrFN5O/c1-15-8(12-13-14-15)16-7-3-5(10)4(9)2-6(7)11/h2-3H,11H2,1H3. The predicted octanol–water partition coefficient (Wildman–Crippen LogP) is 1.49. The third-order valence-corrected chi connectivity index (χ3v) is 2.44. The SMILES string of the molecule is Cn1nnnc1Oc1cc(F)c(Br)cc1N. The number of nitrogens with zero attached hydrogens (tertiary/aromatic N) is 4. The third kappa shape index (κ3) is 1.96. The predicted molar refractivity (Wildman–Crippen MR) is 57.4 cm³/mol. The van der Waals surface area contributed by atoms with Crippen LogP contribution in [0.5, 0.6) is 11.8 Å². The number of aromatic nitrogens is 4. The molecular weight excluding hydrogens is 281 g/mol. The van der Waals surface area contributed by atoms with Crippen molar-refractivity contribution in [1.82, 2.24) is 20.2 Å². The number of halogens is 2. The van der Waals surface area contributed by atoms with Crippen LogP contribution in [0.4, 0.5) is 10.1 Å². The van der Waals surface area contributed by atoms with Gasteiger partial charge in [-0.1, -0.05) is 5.10 Å². The highest BCUT2D eigenvalue weighted by molar-refractivity contribution is 9.10. The van der Waals surface area contributed by atoms with Gasteiger partial charge in [0.05, 0.1) is 10.2 Å². The largest absolute Gasteiger partial charge is 0.421 e. The number of nitrogens with two attached hydrogens (primary N) is 1. The second-order valence-electron chi connectivity index (χ2n) is 2.99. The molecule has 0 aliphatic rings. The first-order valence-corrected chi connectivity index (χ1v) is 5.02. The van der Waals surface area contributed by atoms with E-state index in [1.54, 1.807) is 7.05 Å². The Hall–Kier alpha value is -1.70. The van der Waals surface area contributed by atoms with Crippen molar-refractivity contribution in [2.24, 2.45) is 7.05 Å². The highest BCUT2D eigenvalue weighted by Crippen LogP contribution is 2.30. The van der Waals surface area contributed by atoms with Crippen molar-refractivity contribution in [2.75, 3.05) is 5.73 Å². The van der Waals surface area contributed by atoms with Crippen molar-refractivity contribution in [3.8, 4) is 11.8 Å². The van der Waals surface area contributed by atoms with Gasteiger partial charge in [0.25, 0.3) is 0 Å². The Kier molecular flexibility index (Phi) is 2.73. The number of tetrazole rings is 1. The number of ether oxygens (including phenoxy) is 1. The summed E-state index contributed by atoms with van der Waals surface area (Å²) in [7, 11) is 1.60.